The van der Waals surface area contributed by atoms with Crippen molar-refractivity contribution in [3.8, 4) is 0 Å². The van der Waals surface area contributed by atoms with E-state index in [1.807, 2.05) is 19.1 Å². The number of aromatic nitrogens is 2. The van der Waals surface area contributed by atoms with Gasteiger partial charge in [0.15, 0.2) is 0 Å². The molecule has 0 spiro atoms. The zero-order valence-corrected chi connectivity index (χ0v) is 10.2. The van der Waals surface area contributed by atoms with Crippen molar-refractivity contribution in [3.05, 3.63) is 46.2 Å². The molecule has 4 nitrogen and oxygen atoms in total. The molecule has 0 atom stereocenters. The molecular weight excluding hydrogens is 270 g/mol. The molecule has 0 bridgehead atoms. The molecule has 0 radical (unpaired) electrons. The second kappa shape index (κ2) is 4.49. The van der Waals surface area contributed by atoms with Gasteiger partial charge < -0.3 is 5.32 Å². The summed E-state index contributed by atoms with van der Waals surface area (Å²) in [6, 6.07) is 5.57. The first-order chi connectivity index (χ1) is 7.65. The van der Waals surface area contributed by atoms with Crippen molar-refractivity contribution in [2.24, 2.45) is 0 Å². The van der Waals surface area contributed by atoms with E-state index in [0.29, 0.717) is 11.3 Å². The Hall–Kier alpha value is -1.62. The highest BCUT2D eigenvalue weighted by atomic mass is 79.9. The van der Waals surface area contributed by atoms with Crippen LogP contribution >= 0.6 is 15.9 Å². The van der Waals surface area contributed by atoms with Crippen molar-refractivity contribution in [2.75, 3.05) is 5.32 Å². The van der Waals surface area contributed by atoms with Gasteiger partial charge in [0.1, 0.15) is 0 Å². The summed E-state index contributed by atoms with van der Waals surface area (Å²) in [7, 11) is 0. The zero-order valence-electron chi connectivity index (χ0n) is 8.62. The largest absolute Gasteiger partial charge is 0.319 e. The van der Waals surface area contributed by atoms with Gasteiger partial charge in [-0.3, -0.25) is 9.89 Å². The molecule has 2 N–H and O–H groups in total. The number of hydrogen-bond acceptors (Lipinski definition) is 2. The molecule has 0 unspecified atom stereocenters. The number of H-pyrrole nitrogens is 1. The van der Waals surface area contributed by atoms with E-state index in [9.17, 15) is 4.79 Å². The monoisotopic (exact) mass is 279 g/mol. The molecule has 1 amide bonds. The number of carbonyl (C=O) groups is 1. The van der Waals surface area contributed by atoms with Crippen molar-refractivity contribution < 1.29 is 4.79 Å². The summed E-state index contributed by atoms with van der Waals surface area (Å²) in [5.74, 6) is -0.147. The van der Waals surface area contributed by atoms with Crippen LogP contribution < -0.4 is 5.32 Å². The molecule has 82 valence electrons. The van der Waals surface area contributed by atoms with Crippen molar-refractivity contribution in [1.29, 1.82) is 0 Å². The van der Waals surface area contributed by atoms with E-state index in [1.54, 1.807) is 18.5 Å². The van der Waals surface area contributed by atoms with Gasteiger partial charge in [-0.05, 0) is 30.7 Å². The number of amides is 1. The van der Waals surface area contributed by atoms with Gasteiger partial charge in [-0.25, -0.2) is 0 Å². The molecule has 2 aromatic rings. The second-order valence-corrected chi connectivity index (χ2v) is 4.37. The quantitative estimate of drug-likeness (QED) is 0.888. The average Bonchev–Trinajstić information content (AvgIpc) is 2.68. The average molecular weight is 280 g/mol. The number of hydrogen-bond donors (Lipinski definition) is 2. The molecule has 0 saturated heterocycles. The minimum atomic E-state index is -0.147. The standard InChI is InChI=1S/C11H10BrN3O/c1-7-2-8(4-9(12)3-7)11(16)15-10-5-13-14-6-10/h2-6H,1H3,(H,13,14)(H,15,16). The number of nitrogens with one attached hydrogen (secondary N) is 2. The SMILES string of the molecule is Cc1cc(Br)cc(C(=O)Nc2cn[nH]c2)c1. The fourth-order valence-corrected chi connectivity index (χ4v) is 2.00. The summed E-state index contributed by atoms with van der Waals surface area (Å²) in [6.07, 6.45) is 3.19. The number of anilines is 1. The van der Waals surface area contributed by atoms with E-state index in [0.717, 1.165) is 10.0 Å². The van der Waals surface area contributed by atoms with Gasteiger partial charge in [0.25, 0.3) is 5.91 Å². The molecule has 0 aliphatic carbocycles. The van der Waals surface area contributed by atoms with Crippen molar-refractivity contribution in [2.45, 2.75) is 6.92 Å². The highest BCUT2D eigenvalue weighted by Crippen LogP contribution is 2.16. The maximum absolute atomic E-state index is 11.8. The summed E-state index contributed by atoms with van der Waals surface area (Å²) in [5.41, 5.74) is 2.31. The summed E-state index contributed by atoms with van der Waals surface area (Å²) in [4.78, 5) is 11.8. The van der Waals surface area contributed by atoms with Gasteiger partial charge >= 0.3 is 0 Å². The van der Waals surface area contributed by atoms with Crippen LogP contribution in [0.1, 0.15) is 15.9 Å². The molecule has 5 heteroatoms. The molecule has 0 fully saturated rings. The predicted molar refractivity (Wildman–Crippen MR) is 65.4 cm³/mol. The summed E-state index contributed by atoms with van der Waals surface area (Å²) >= 11 is 3.36. The Morgan fingerprint density at radius 2 is 2.25 bits per heavy atom. The maximum atomic E-state index is 11.8. The van der Waals surface area contributed by atoms with Crippen LogP contribution in [0.4, 0.5) is 5.69 Å². The Kier molecular flexibility index (Phi) is 3.05. The lowest BCUT2D eigenvalue weighted by Gasteiger charge is -2.04. The fourth-order valence-electron chi connectivity index (χ4n) is 1.39. The number of carbonyl (C=O) groups excluding carboxylic acids is 1. The molecule has 0 saturated carbocycles. The zero-order chi connectivity index (χ0) is 11.5. The molecule has 1 aromatic heterocycles. The first kappa shape index (κ1) is 10.9. The third-order valence-corrected chi connectivity index (χ3v) is 2.52. The second-order valence-electron chi connectivity index (χ2n) is 3.46. The highest BCUT2D eigenvalue weighted by Gasteiger charge is 2.07. The first-order valence-electron chi connectivity index (χ1n) is 4.72. The number of rotatable bonds is 2. The van der Waals surface area contributed by atoms with Crippen LogP contribution in [0.25, 0.3) is 0 Å². The van der Waals surface area contributed by atoms with Gasteiger partial charge in [-0.2, -0.15) is 5.10 Å². The number of nitrogens with zero attached hydrogens (tertiary/aromatic N) is 1. The minimum Gasteiger partial charge on any atom is -0.319 e. The van der Waals surface area contributed by atoms with Crippen LogP contribution in [0.5, 0.6) is 0 Å². The first-order valence-corrected chi connectivity index (χ1v) is 5.52. The lowest BCUT2D eigenvalue weighted by atomic mass is 10.1. The Balaban J connectivity index is 2.21. The van der Waals surface area contributed by atoms with Gasteiger partial charge in [-0.1, -0.05) is 15.9 Å². The molecule has 0 aliphatic heterocycles. The Bertz CT molecular complexity index is 488. The van der Waals surface area contributed by atoms with Crippen LogP contribution in [0.15, 0.2) is 35.1 Å². The van der Waals surface area contributed by atoms with E-state index in [4.69, 9.17) is 0 Å². The number of aromatic amines is 1. The smallest absolute Gasteiger partial charge is 0.255 e. The minimum absolute atomic E-state index is 0.147. The van der Waals surface area contributed by atoms with Crippen LogP contribution in [-0.4, -0.2) is 16.1 Å². The van der Waals surface area contributed by atoms with E-state index in [-0.39, 0.29) is 5.91 Å². The maximum Gasteiger partial charge on any atom is 0.255 e. The molecular formula is C11H10BrN3O. The Labute approximate surface area is 101 Å². The molecule has 0 aliphatic rings. The van der Waals surface area contributed by atoms with Crippen LogP contribution in [0.2, 0.25) is 0 Å². The highest BCUT2D eigenvalue weighted by molar-refractivity contribution is 9.10. The van der Waals surface area contributed by atoms with Gasteiger partial charge in [0, 0.05) is 16.2 Å². The Morgan fingerprint density at radius 1 is 1.44 bits per heavy atom. The molecule has 1 heterocycles. The molecule has 1 aromatic carbocycles. The van der Waals surface area contributed by atoms with E-state index in [2.05, 4.69) is 31.4 Å². The summed E-state index contributed by atoms with van der Waals surface area (Å²) in [6.45, 7) is 1.94. The topological polar surface area (TPSA) is 57.8 Å². The normalized spacial score (nSPS) is 10.1. The molecule has 2 rings (SSSR count). The van der Waals surface area contributed by atoms with Gasteiger partial charge in [-0.15, -0.1) is 0 Å². The Morgan fingerprint density at radius 3 is 2.88 bits per heavy atom. The van der Waals surface area contributed by atoms with Crippen LogP contribution in [-0.2, 0) is 0 Å². The summed E-state index contributed by atoms with van der Waals surface area (Å²) in [5, 5.41) is 9.13. The van der Waals surface area contributed by atoms with Crippen LogP contribution in [0.3, 0.4) is 0 Å². The van der Waals surface area contributed by atoms with E-state index < -0.39 is 0 Å². The van der Waals surface area contributed by atoms with Crippen molar-refractivity contribution >= 4 is 27.5 Å². The third-order valence-electron chi connectivity index (χ3n) is 2.06. The third kappa shape index (κ3) is 2.49. The van der Waals surface area contributed by atoms with Crippen molar-refractivity contribution in [1.82, 2.24) is 10.2 Å². The van der Waals surface area contributed by atoms with Gasteiger partial charge in [0.2, 0.25) is 0 Å². The number of benzene rings is 1. The fraction of sp³-hybridized carbons (Fsp3) is 0.0909. The van der Waals surface area contributed by atoms with E-state index in [1.165, 1.54) is 0 Å². The van der Waals surface area contributed by atoms with Crippen molar-refractivity contribution in [3.63, 3.8) is 0 Å². The lowest BCUT2D eigenvalue weighted by Crippen LogP contribution is -2.11. The lowest BCUT2D eigenvalue weighted by molar-refractivity contribution is 0.102. The van der Waals surface area contributed by atoms with Crippen LogP contribution in [0, 0.1) is 6.92 Å². The van der Waals surface area contributed by atoms with E-state index >= 15 is 0 Å². The number of halogens is 1. The van der Waals surface area contributed by atoms with Gasteiger partial charge in [0.05, 0.1) is 11.9 Å². The molecule has 16 heavy (non-hydrogen) atoms. The number of aryl methyl sites for hydroxylation is 1. The predicted octanol–water partition coefficient (Wildman–Crippen LogP) is 2.73. The summed E-state index contributed by atoms with van der Waals surface area (Å²) < 4.78 is 0.893.